The maximum absolute atomic E-state index is 10.5. The van der Waals surface area contributed by atoms with Gasteiger partial charge in [-0.25, -0.2) is 4.98 Å². The molecular weight excluding hydrogens is 152 g/mol. The second-order valence-electron chi connectivity index (χ2n) is 3.46. The summed E-state index contributed by atoms with van der Waals surface area (Å²) in [6, 6.07) is 0. The molecule has 1 aromatic heterocycles. The van der Waals surface area contributed by atoms with Gasteiger partial charge in [0.2, 0.25) is 0 Å². The van der Waals surface area contributed by atoms with Gasteiger partial charge in [0.05, 0.1) is 0 Å². The van der Waals surface area contributed by atoms with Crippen molar-refractivity contribution in [3.05, 3.63) is 17.2 Å². The summed E-state index contributed by atoms with van der Waals surface area (Å²) < 4.78 is 0. The first-order chi connectivity index (χ1) is 5.79. The smallest absolute Gasteiger partial charge is 0.170 e. The molecule has 0 aromatic carbocycles. The molecule has 0 spiro atoms. The number of carbonyl (C=O) groups excluding carboxylic acids is 1. The van der Waals surface area contributed by atoms with E-state index >= 15 is 0 Å². The van der Waals surface area contributed by atoms with E-state index in [4.69, 9.17) is 0 Å². The summed E-state index contributed by atoms with van der Waals surface area (Å²) in [5.41, 5.74) is 1.45. The van der Waals surface area contributed by atoms with Crippen LogP contribution in [0.1, 0.15) is 34.8 Å². The third-order valence-electron chi connectivity index (χ3n) is 2.26. The molecule has 3 nitrogen and oxygen atoms in total. The Kier molecular flexibility index (Phi) is 1.71. The van der Waals surface area contributed by atoms with Crippen molar-refractivity contribution in [1.29, 1.82) is 0 Å². The third kappa shape index (κ3) is 1.40. The predicted molar refractivity (Wildman–Crippen MR) is 45.1 cm³/mol. The Bertz CT molecular complexity index is 299. The molecule has 1 aliphatic rings. The van der Waals surface area contributed by atoms with Crippen molar-refractivity contribution in [3.8, 4) is 0 Å². The minimum atomic E-state index is 0.561. The van der Waals surface area contributed by atoms with Gasteiger partial charge in [-0.2, -0.15) is 0 Å². The molecule has 1 aliphatic carbocycles. The Labute approximate surface area is 71.2 Å². The van der Waals surface area contributed by atoms with Crippen LogP contribution in [0.15, 0.2) is 0 Å². The van der Waals surface area contributed by atoms with Crippen LogP contribution in [0.4, 0.5) is 0 Å². The molecule has 1 fully saturated rings. The fourth-order valence-electron chi connectivity index (χ4n) is 1.34. The molecule has 12 heavy (non-hydrogen) atoms. The average Bonchev–Trinajstić information content (AvgIpc) is 2.76. The Morgan fingerprint density at radius 2 is 2.42 bits per heavy atom. The van der Waals surface area contributed by atoms with Gasteiger partial charge in [-0.1, -0.05) is 0 Å². The zero-order valence-electron chi connectivity index (χ0n) is 7.13. The fourth-order valence-corrected chi connectivity index (χ4v) is 1.34. The molecule has 3 heteroatoms. The highest BCUT2D eigenvalue weighted by atomic mass is 16.1. The lowest BCUT2D eigenvalue weighted by Crippen LogP contribution is -1.89. The van der Waals surface area contributed by atoms with E-state index in [2.05, 4.69) is 9.97 Å². The van der Waals surface area contributed by atoms with Crippen molar-refractivity contribution in [2.45, 2.75) is 26.2 Å². The number of H-pyrrole nitrogens is 1. The van der Waals surface area contributed by atoms with Crippen molar-refractivity contribution in [2.24, 2.45) is 5.92 Å². The zero-order valence-corrected chi connectivity index (χ0v) is 7.13. The van der Waals surface area contributed by atoms with Crippen LogP contribution in [-0.4, -0.2) is 16.3 Å². The van der Waals surface area contributed by atoms with Crippen LogP contribution in [-0.2, 0) is 6.42 Å². The lowest BCUT2D eigenvalue weighted by molar-refractivity contribution is 0.111. The molecule has 0 bridgehead atoms. The van der Waals surface area contributed by atoms with Gasteiger partial charge in [0, 0.05) is 12.1 Å². The Morgan fingerprint density at radius 3 is 2.92 bits per heavy atom. The molecule has 0 saturated heterocycles. The molecule has 0 amide bonds. The number of rotatable bonds is 3. The van der Waals surface area contributed by atoms with E-state index in [0.717, 1.165) is 30.1 Å². The predicted octanol–water partition coefficient (Wildman–Crippen LogP) is 1.48. The molecule has 1 N–H and O–H groups in total. The van der Waals surface area contributed by atoms with E-state index in [9.17, 15) is 4.79 Å². The third-order valence-corrected chi connectivity index (χ3v) is 2.26. The summed E-state index contributed by atoms with van der Waals surface area (Å²) in [7, 11) is 0. The van der Waals surface area contributed by atoms with Crippen LogP contribution in [0.2, 0.25) is 0 Å². The van der Waals surface area contributed by atoms with Gasteiger partial charge >= 0.3 is 0 Å². The number of carbonyl (C=O) groups is 1. The normalized spacial score (nSPS) is 16.4. The average molecular weight is 164 g/mol. The first kappa shape index (κ1) is 7.53. The van der Waals surface area contributed by atoms with Crippen molar-refractivity contribution in [1.82, 2.24) is 9.97 Å². The van der Waals surface area contributed by atoms with Crippen molar-refractivity contribution in [3.63, 3.8) is 0 Å². The zero-order chi connectivity index (χ0) is 8.55. The summed E-state index contributed by atoms with van der Waals surface area (Å²) >= 11 is 0. The van der Waals surface area contributed by atoms with Crippen molar-refractivity contribution < 1.29 is 4.79 Å². The topological polar surface area (TPSA) is 45.8 Å². The Morgan fingerprint density at radius 1 is 1.67 bits per heavy atom. The highest BCUT2D eigenvalue weighted by Gasteiger charge is 2.23. The molecule has 1 aromatic rings. The maximum atomic E-state index is 10.5. The number of hydrogen-bond acceptors (Lipinski definition) is 2. The highest BCUT2D eigenvalue weighted by Crippen LogP contribution is 2.31. The van der Waals surface area contributed by atoms with Crippen molar-refractivity contribution in [2.75, 3.05) is 0 Å². The van der Waals surface area contributed by atoms with Gasteiger partial charge in [0.1, 0.15) is 11.5 Å². The minimum absolute atomic E-state index is 0.561. The van der Waals surface area contributed by atoms with Crippen LogP contribution in [0.25, 0.3) is 0 Å². The second kappa shape index (κ2) is 2.73. The number of imidazole rings is 1. The second-order valence-corrected chi connectivity index (χ2v) is 3.46. The van der Waals surface area contributed by atoms with Crippen LogP contribution < -0.4 is 0 Å². The molecule has 0 atom stereocenters. The SMILES string of the molecule is Cc1[nH]c(CC2CC2)nc1C=O. The largest absolute Gasteiger partial charge is 0.345 e. The van der Waals surface area contributed by atoms with Gasteiger partial charge in [-0.15, -0.1) is 0 Å². The quantitative estimate of drug-likeness (QED) is 0.688. The maximum Gasteiger partial charge on any atom is 0.170 e. The molecule has 2 rings (SSSR count). The van der Waals surface area contributed by atoms with E-state index in [0.29, 0.717) is 5.69 Å². The number of aromatic amines is 1. The van der Waals surface area contributed by atoms with Crippen molar-refractivity contribution >= 4 is 6.29 Å². The van der Waals surface area contributed by atoms with Crippen LogP contribution in [0, 0.1) is 12.8 Å². The number of nitrogens with one attached hydrogen (secondary N) is 1. The standard InChI is InChI=1S/C9H12N2O/c1-6-8(5-12)11-9(10-6)4-7-2-3-7/h5,7H,2-4H2,1H3,(H,10,11). The Hall–Kier alpha value is -1.12. The molecule has 0 radical (unpaired) electrons. The summed E-state index contributed by atoms with van der Waals surface area (Å²) in [4.78, 5) is 17.8. The number of aromatic nitrogens is 2. The highest BCUT2D eigenvalue weighted by molar-refractivity contribution is 5.73. The van der Waals surface area contributed by atoms with E-state index in [1.54, 1.807) is 0 Å². The number of aryl methyl sites for hydroxylation is 1. The van der Waals surface area contributed by atoms with Gasteiger partial charge in [0.15, 0.2) is 6.29 Å². The van der Waals surface area contributed by atoms with E-state index in [1.807, 2.05) is 6.92 Å². The first-order valence-corrected chi connectivity index (χ1v) is 4.30. The molecule has 0 aliphatic heterocycles. The van der Waals surface area contributed by atoms with Gasteiger partial charge < -0.3 is 4.98 Å². The summed E-state index contributed by atoms with van der Waals surface area (Å²) in [6.45, 7) is 1.88. The number of nitrogens with zero attached hydrogens (tertiary/aromatic N) is 1. The number of hydrogen-bond donors (Lipinski definition) is 1. The first-order valence-electron chi connectivity index (χ1n) is 4.30. The molecular formula is C9H12N2O. The summed E-state index contributed by atoms with van der Waals surface area (Å²) in [6.07, 6.45) is 4.45. The molecule has 1 saturated carbocycles. The van der Waals surface area contributed by atoms with E-state index < -0.39 is 0 Å². The van der Waals surface area contributed by atoms with Gasteiger partial charge in [-0.3, -0.25) is 4.79 Å². The lowest BCUT2D eigenvalue weighted by Gasteiger charge is -1.89. The molecule has 1 heterocycles. The minimum Gasteiger partial charge on any atom is -0.345 e. The van der Waals surface area contributed by atoms with E-state index in [1.165, 1.54) is 12.8 Å². The fraction of sp³-hybridized carbons (Fsp3) is 0.556. The summed E-state index contributed by atoms with van der Waals surface area (Å²) in [5.74, 6) is 1.78. The van der Waals surface area contributed by atoms with Crippen LogP contribution in [0.5, 0.6) is 0 Å². The van der Waals surface area contributed by atoms with Crippen LogP contribution in [0.3, 0.4) is 0 Å². The molecule has 64 valence electrons. The van der Waals surface area contributed by atoms with Crippen LogP contribution >= 0.6 is 0 Å². The van der Waals surface area contributed by atoms with E-state index in [-0.39, 0.29) is 0 Å². The summed E-state index contributed by atoms with van der Waals surface area (Å²) in [5, 5.41) is 0. The monoisotopic (exact) mass is 164 g/mol. The lowest BCUT2D eigenvalue weighted by atomic mass is 10.3. The van der Waals surface area contributed by atoms with Gasteiger partial charge in [-0.05, 0) is 25.7 Å². The Balaban J connectivity index is 2.15. The molecule has 0 unspecified atom stereocenters. The number of aldehydes is 1. The van der Waals surface area contributed by atoms with Gasteiger partial charge in [0.25, 0.3) is 0 Å².